The highest BCUT2D eigenvalue weighted by atomic mass is 16.5. The molecule has 4 aliphatic carbocycles. The maximum Gasteiger partial charge on any atom is 0.306 e. The lowest BCUT2D eigenvalue weighted by Gasteiger charge is -2.61. The summed E-state index contributed by atoms with van der Waals surface area (Å²) in [5.74, 6) is 5.93. The summed E-state index contributed by atoms with van der Waals surface area (Å²) in [5, 5.41) is 18.1. The van der Waals surface area contributed by atoms with Gasteiger partial charge in [-0.05, 0) is 213 Å². The maximum absolute atomic E-state index is 13.0. The third kappa shape index (κ3) is 15.1. The smallest absolute Gasteiger partial charge is 0.306 e. The molecule has 0 saturated heterocycles. The van der Waals surface area contributed by atoms with Crippen molar-refractivity contribution >= 4 is 11.9 Å². The number of esters is 2. The highest BCUT2D eigenvalue weighted by Crippen LogP contribution is 2.68. The lowest BCUT2D eigenvalue weighted by Crippen LogP contribution is -2.54. The second kappa shape index (κ2) is 28.1. The molecule has 0 aromatic heterocycles. The van der Waals surface area contributed by atoms with Crippen molar-refractivity contribution in [1.82, 2.24) is 0 Å². The molecular formula is C68H88N2O6. The van der Waals surface area contributed by atoms with E-state index in [4.69, 9.17) is 29.5 Å². The second-order valence-corrected chi connectivity index (χ2v) is 24.0. The summed E-state index contributed by atoms with van der Waals surface area (Å²) in [4.78, 5) is 26.0. The van der Waals surface area contributed by atoms with E-state index in [9.17, 15) is 9.59 Å². The maximum atomic E-state index is 13.0. The Morgan fingerprint density at radius 3 is 1.54 bits per heavy atom. The van der Waals surface area contributed by atoms with Crippen molar-refractivity contribution in [2.75, 3.05) is 19.8 Å². The number of carbonyl (C=O) groups excluding carboxylic acids is 2. The molecule has 406 valence electrons. The number of unbranched alkanes of at least 4 members (excludes halogenated alkanes) is 11. The van der Waals surface area contributed by atoms with Crippen LogP contribution in [0.5, 0.6) is 11.5 Å². The molecule has 0 bridgehead atoms. The van der Waals surface area contributed by atoms with Gasteiger partial charge >= 0.3 is 11.9 Å². The number of hydrogen-bond acceptors (Lipinski definition) is 8. The topological polar surface area (TPSA) is 119 Å². The quantitative estimate of drug-likeness (QED) is 0.0408. The van der Waals surface area contributed by atoms with E-state index in [0.717, 1.165) is 116 Å². The molecule has 4 aliphatic rings. The Kier molecular flexibility index (Phi) is 21.0. The third-order valence-electron chi connectivity index (χ3n) is 19.2. The molecule has 8 rings (SSSR count). The summed E-state index contributed by atoms with van der Waals surface area (Å²) in [7, 11) is 0. The fourth-order valence-electron chi connectivity index (χ4n) is 14.9. The number of hydrogen-bond donors (Lipinski definition) is 0. The summed E-state index contributed by atoms with van der Waals surface area (Å²) in [6, 6.07) is 35.9. The molecule has 4 fully saturated rings. The van der Waals surface area contributed by atoms with E-state index in [2.05, 4.69) is 45.0 Å². The Balaban J connectivity index is 0.626. The molecule has 76 heavy (non-hydrogen) atoms. The Morgan fingerprint density at radius 2 is 1.00 bits per heavy atom. The van der Waals surface area contributed by atoms with Gasteiger partial charge in [0.1, 0.15) is 17.6 Å². The van der Waals surface area contributed by atoms with E-state index < -0.39 is 0 Å². The molecule has 0 heterocycles. The first-order valence-electron chi connectivity index (χ1n) is 29.9. The van der Waals surface area contributed by atoms with Crippen LogP contribution >= 0.6 is 0 Å². The molecule has 0 unspecified atom stereocenters. The van der Waals surface area contributed by atoms with Crippen molar-refractivity contribution in [3.05, 3.63) is 108 Å². The highest BCUT2D eigenvalue weighted by Gasteiger charge is 2.60. The summed E-state index contributed by atoms with van der Waals surface area (Å²) >= 11 is 0. The van der Waals surface area contributed by atoms with Gasteiger partial charge in [0.2, 0.25) is 0 Å². The number of rotatable bonds is 28. The zero-order valence-electron chi connectivity index (χ0n) is 46.4. The lowest BCUT2D eigenvalue weighted by atomic mass is 9.44. The standard InChI is InChI=1S/C68H88N2O6/c1-50(18-39-65(71)75-46-15-11-9-7-5-4-6-8-10-14-44-73-58-32-27-55(28-33-58)53-23-19-51(48-69)20-24-53)62-37-38-63-61-36-31-57-47-60(40-42-67(57,2)64(61)41-43-68(62,63)3)76-66(72)17-13-12-16-45-74-59-34-29-56(30-35-59)54-25-21-52(49-70)22-26-54/h19-30,32-35,50,57,60-64H,4-18,31,36-47H2,1-3H3/t50-,57-,60+,61+,62-,63+,64+,67+,68-/m1/s1. The molecular weight excluding hydrogens is 941 g/mol. The molecule has 4 saturated carbocycles. The molecule has 8 heteroatoms. The minimum Gasteiger partial charge on any atom is -0.494 e. The highest BCUT2D eigenvalue weighted by molar-refractivity contribution is 5.70. The molecule has 9 atom stereocenters. The number of fused-ring (bicyclic) bond motifs is 5. The normalized spacial score (nSPS) is 24.9. The molecule has 8 nitrogen and oxygen atoms in total. The lowest BCUT2D eigenvalue weighted by molar-refractivity contribution is -0.162. The van der Waals surface area contributed by atoms with Gasteiger partial charge in [0.25, 0.3) is 0 Å². The molecule has 0 spiro atoms. The summed E-state index contributed by atoms with van der Waals surface area (Å²) < 4.78 is 23.9. The van der Waals surface area contributed by atoms with Crippen LogP contribution in [-0.4, -0.2) is 37.9 Å². The number of benzene rings is 4. The van der Waals surface area contributed by atoms with E-state index in [0.29, 0.717) is 65.8 Å². The van der Waals surface area contributed by atoms with Crippen LogP contribution in [0.1, 0.15) is 192 Å². The predicted molar refractivity (Wildman–Crippen MR) is 303 cm³/mol. The average Bonchev–Trinajstić information content (AvgIpc) is 3.81. The fourth-order valence-corrected chi connectivity index (χ4v) is 14.9. The summed E-state index contributed by atoms with van der Waals surface area (Å²) in [5.41, 5.74) is 6.43. The van der Waals surface area contributed by atoms with Crippen molar-refractivity contribution in [1.29, 1.82) is 10.5 Å². The first-order valence-corrected chi connectivity index (χ1v) is 29.9. The minimum absolute atomic E-state index is 0.00628. The average molecular weight is 1030 g/mol. The predicted octanol–water partition coefficient (Wildman–Crippen LogP) is 17.2. The molecule has 0 amide bonds. The van der Waals surface area contributed by atoms with Gasteiger partial charge < -0.3 is 18.9 Å². The second-order valence-electron chi connectivity index (χ2n) is 24.0. The molecule has 4 aromatic rings. The Hall–Kier alpha value is -5.60. The van der Waals surface area contributed by atoms with Crippen LogP contribution in [0.2, 0.25) is 0 Å². The van der Waals surface area contributed by atoms with Crippen LogP contribution in [0.4, 0.5) is 0 Å². The third-order valence-corrected chi connectivity index (χ3v) is 19.2. The van der Waals surface area contributed by atoms with Crippen LogP contribution in [0, 0.1) is 69.0 Å². The van der Waals surface area contributed by atoms with Gasteiger partial charge in [-0.1, -0.05) is 121 Å². The molecule has 4 aromatic carbocycles. The van der Waals surface area contributed by atoms with Gasteiger partial charge in [-0.25, -0.2) is 0 Å². The Labute approximate surface area is 456 Å². The van der Waals surface area contributed by atoms with E-state index in [1.54, 1.807) is 0 Å². The number of nitrogens with zero attached hydrogens (tertiary/aromatic N) is 2. The van der Waals surface area contributed by atoms with Crippen molar-refractivity contribution in [2.45, 2.75) is 187 Å². The fraction of sp³-hybridized carbons (Fsp3) is 0.588. The van der Waals surface area contributed by atoms with E-state index in [1.807, 2.05) is 84.9 Å². The SMILES string of the molecule is C[C@H](CCC(=O)OCCCCCCCCCCCCOc1ccc(-c2ccc(C#N)cc2)cc1)[C@H]1CC[C@H]2[C@@H]3CC[C@@H]4C[C@@H](OC(=O)CCCCCOc5ccc(-c6ccc(C#N)cc6)cc5)CC[C@]4(C)[C@H]3CC[C@]12C. The molecule has 0 radical (unpaired) electrons. The van der Waals surface area contributed by atoms with Crippen LogP contribution in [0.15, 0.2) is 97.1 Å². The van der Waals surface area contributed by atoms with Crippen molar-refractivity contribution in [2.24, 2.45) is 46.3 Å². The van der Waals surface area contributed by atoms with Crippen LogP contribution in [-0.2, 0) is 19.1 Å². The van der Waals surface area contributed by atoms with Gasteiger partial charge in [0.15, 0.2) is 0 Å². The molecule has 0 N–H and O–H groups in total. The van der Waals surface area contributed by atoms with Gasteiger partial charge in [0.05, 0.1) is 43.1 Å². The van der Waals surface area contributed by atoms with Gasteiger partial charge in [-0.15, -0.1) is 0 Å². The van der Waals surface area contributed by atoms with Crippen LogP contribution < -0.4 is 9.47 Å². The van der Waals surface area contributed by atoms with Crippen molar-refractivity contribution in [3.63, 3.8) is 0 Å². The number of carbonyl (C=O) groups is 2. The van der Waals surface area contributed by atoms with E-state index in [1.165, 1.54) is 89.9 Å². The Bertz CT molecular complexity index is 2510. The van der Waals surface area contributed by atoms with E-state index >= 15 is 0 Å². The number of ether oxygens (including phenoxy) is 4. The first-order chi connectivity index (χ1) is 37.1. The van der Waals surface area contributed by atoms with Crippen LogP contribution in [0.3, 0.4) is 0 Å². The number of nitriles is 2. The monoisotopic (exact) mass is 1030 g/mol. The Morgan fingerprint density at radius 1 is 0.526 bits per heavy atom. The van der Waals surface area contributed by atoms with E-state index in [-0.39, 0.29) is 18.0 Å². The van der Waals surface area contributed by atoms with Crippen molar-refractivity contribution < 1.29 is 28.5 Å². The zero-order valence-corrected chi connectivity index (χ0v) is 46.4. The van der Waals surface area contributed by atoms with Crippen molar-refractivity contribution in [3.8, 4) is 45.9 Å². The van der Waals surface area contributed by atoms with Gasteiger partial charge in [-0.3, -0.25) is 9.59 Å². The summed E-state index contributed by atoms with van der Waals surface area (Å²) in [6.07, 6.45) is 27.7. The van der Waals surface area contributed by atoms with Crippen LogP contribution in [0.25, 0.3) is 22.3 Å². The largest absolute Gasteiger partial charge is 0.494 e. The zero-order chi connectivity index (χ0) is 53.2. The van der Waals surface area contributed by atoms with Gasteiger partial charge in [0, 0.05) is 12.8 Å². The first kappa shape index (κ1) is 56.6. The summed E-state index contributed by atoms with van der Waals surface area (Å²) in [6.45, 7) is 9.58. The van der Waals surface area contributed by atoms with Gasteiger partial charge in [-0.2, -0.15) is 10.5 Å². The minimum atomic E-state index is -0.0319. The molecule has 0 aliphatic heterocycles.